The van der Waals surface area contributed by atoms with Gasteiger partial charge in [-0.2, -0.15) is 0 Å². The summed E-state index contributed by atoms with van der Waals surface area (Å²) >= 11 is 0. The molecule has 0 saturated carbocycles. The van der Waals surface area contributed by atoms with Crippen LogP contribution in [0.15, 0.2) is 24.3 Å². The second-order valence-corrected chi connectivity index (χ2v) is 14.2. The van der Waals surface area contributed by atoms with Gasteiger partial charge in [-0.05, 0) is 62.4 Å². The Morgan fingerprint density at radius 2 is 1.43 bits per heavy atom. The van der Waals surface area contributed by atoms with Crippen LogP contribution in [-0.4, -0.2) is 52.4 Å². The van der Waals surface area contributed by atoms with E-state index in [9.17, 15) is 9.59 Å². The van der Waals surface area contributed by atoms with Gasteiger partial charge in [-0.3, -0.25) is 9.59 Å². The molecule has 172 valence electrons. The minimum absolute atomic E-state index is 0.0528. The fraction of sp³-hybridized carbons (Fsp3) is 0.750. The lowest BCUT2D eigenvalue weighted by Crippen LogP contribution is -2.43. The van der Waals surface area contributed by atoms with Gasteiger partial charge >= 0.3 is 0 Å². The van der Waals surface area contributed by atoms with Crippen molar-refractivity contribution in [2.75, 3.05) is 26.4 Å². The molecule has 1 aliphatic rings. The highest BCUT2D eigenvalue weighted by atomic mass is 28.4. The van der Waals surface area contributed by atoms with Crippen molar-refractivity contribution >= 4 is 19.9 Å². The lowest BCUT2D eigenvalue weighted by Gasteiger charge is -2.39. The third-order valence-electron chi connectivity index (χ3n) is 5.72. The number of ether oxygens (including phenoxy) is 2. The van der Waals surface area contributed by atoms with Crippen LogP contribution in [0.5, 0.6) is 0 Å². The van der Waals surface area contributed by atoms with Crippen molar-refractivity contribution in [1.82, 2.24) is 0 Å². The SMILES string of the molecule is CC(C)(C)[Si](C)(C)OC1C/C=C/C(=O)CCCOCCOCCCC(=O)/C=C/CC1. The van der Waals surface area contributed by atoms with Crippen molar-refractivity contribution in [3.63, 3.8) is 0 Å². The fourth-order valence-electron chi connectivity index (χ4n) is 2.85. The van der Waals surface area contributed by atoms with Crippen LogP contribution in [0.3, 0.4) is 0 Å². The summed E-state index contributed by atoms with van der Waals surface area (Å²) < 4.78 is 17.6. The third kappa shape index (κ3) is 11.9. The van der Waals surface area contributed by atoms with Crippen LogP contribution in [0.1, 0.15) is 65.7 Å². The van der Waals surface area contributed by atoms with Gasteiger partial charge in [-0.1, -0.05) is 32.9 Å². The van der Waals surface area contributed by atoms with Gasteiger partial charge in [0.2, 0.25) is 0 Å². The molecule has 30 heavy (non-hydrogen) atoms. The van der Waals surface area contributed by atoms with Crippen LogP contribution in [0.2, 0.25) is 18.1 Å². The molecule has 0 radical (unpaired) electrons. The molecule has 1 unspecified atom stereocenters. The Balaban J connectivity index is 2.74. The second-order valence-electron chi connectivity index (χ2n) is 9.48. The minimum Gasteiger partial charge on any atom is -0.414 e. The van der Waals surface area contributed by atoms with Crippen molar-refractivity contribution < 1.29 is 23.5 Å². The molecule has 0 aromatic carbocycles. The first-order valence-electron chi connectivity index (χ1n) is 11.3. The number of carbonyl (C=O) groups is 2. The standard InChI is InChI=1S/C24H42O5Si/c1-24(2,3)30(4,5)29-23-15-7-6-11-21(25)13-9-17-27-19-20-28-18-10-14-22(26)12-8-16-23/h6,8,11-12,23H,7,9-10,13-20H2,1-5H3/b11-6+,12-8+. The number of allylic oxidation sites excluding steroid dienone is 3. The lowest BCUT2D eigenvalue weighted by molar-refractivity contribution is -0.115. The van der Waals surface area contributed by atoms with Crippen molar-refractivity contribution in [2.45, 2.75) is 90.0 Å². The largest absolute Gasteiger partial charge is 0.414 e. The first kappa shape index (κ1) is 27.0. The quantitative estimate of drug-likeness (QED) is 0.540. The van der Waals surface area contributed by atoms with Crippen molar-refractivity contribution in [3.05, 3.63) is 24.3 Å². The predicted molar refractivity (Wildman–Crippen MR) is 124 cm³/mol. The number of carbonyl (C=O) groups excluding carboxylic acids is 2. The van der Waals surface area contributed by atoms with Gasteiger partial charge in [-0.25, -0.2) is 0 Å². The van der Waals surface area contributed by atoms with E-state index in [0.717, 1.165) is 19.3 Å². The molecule has 5 nitrogen and oxygen atoms in total. The molecule has 0 aromatic heterocycles. The van der Waals surface area contributed by atoms with Gasteiger partial charge in [0.25, 0.3) is 0 Å². The fourth-order valence-corrected chi connectivity index (χ4v) is 4.25. The molecular weight excluding hydrogens is 396 g/mol. The normalized spacial score (nSPS) is 24.9. The molecule has 0 aliphatic carbocycles. The molecule has 0 saturated heterocycles. The van der Waals surface area contributed by atoms with Crippen LogP contribution in [0, 0.1) is 0 Å². The first-order valence-corrected chi connectivity index (χ1v) is 14.2. The number of ketones is 2. The van der Waals surface area contributed by atoms with Crippen molar-refractivity contribution in [3.8, 4) is 0 Å². The molecule has 1 rings (SSSR count). The Bertz CT molecular complexity index is 575. The highest BCUT2D eigenvalue weighted by Gasteiger charge is 2.38. The summed E-state index contributed by atoms with van der Waals surface area (Å²) in [5.74, 6) is 0.262. The van der Waals surface area contributed by atoms with Crippen LogP contribution in [0.4, 0.5) is 0 Å². The average Bonchev–Trinajstić information content (AvgIpc) is 2.64. The Hall–Kier alpha value is -1.08. The maximum absolute atomic E-state index is 12.1. The highest BCUT2D eigenvalue weighted by molar-refractivity contribution is 6.74. The molecule has 1 atom stereocenters. The molecule has 0 fully saturated rings. The van der Waals surface area contributed by atoms with Crippen LogP contribution in [-0.2, 0) is 23.5 Å². The summed E-state index contributed by atoms with van der Waals surface area (Å²) in [5.41, 5.74) is 0. The zero-order valence-electron chi connectivity index (χ0n) is 19.7. The van der Waals surface area contributed by atoms with E-state index in [4.69, 9.17) is 13.9 Å². The van der Waals surface area contributed by atoms with Crippen molar-refractivity contribution in [2.24, 2.45) is 0 Å². The van der Waals surface area contributed by atoms with Gasteiger partial charge in [-0.15, -0.1) is 0 Å². The van der Waals surface area contributed by atoms with Gasteiger partial charge in [0.05, 0.1) is 13.2 Å². The summed E-state index contributed by atoms with van der Waals surface area (Å²) in [7, 11) is -1.91. The Labute approximate surface area is 184 Å². The molecule has 0 spiro atoms. The third-order valence-corrected chi connectivity index (χ3v) is 10.3. The molecular formula is C24H42O5Si. The number of hydrogen-bond acceptors (Lipinski definition) is 5. The lowest BCUT2D eigenvalue weighted by atomic mass is 10.1. The Morgan fingerprint density at radius 1 is 0.900 bits per heavy atom. The molecule has 1 heterocycles. The van der Waals surface area contributed by atoms with Crippen LogP contribution >= 0.6 is 0 Å². The highest BCUT2D eigenvalue weighted by Crippen LogP contribution is 2.38. The smallest absolute Gasteiger partial charge is 0.192 e. The maximum atomic E-state index is 12.1. The Morgan fingerprint density at radius 3 is 1.97 bits per heavy atom. The minimum atomic E-state index is -1.91. The maximum Gasteiger partial charge on any atom is 0.192 e. The predicted octanol–water partition coefficient (Wildman–Crippen LogP) is 5.40. The van der Waals surface area contributed by atoms with E-state index in [1.54, 1.807) is 12.2 Å². The molecule has 0 N–H and O–H groups in total. The molecule has 0 amide bonds. The molecule has 1 aliphatic heterocycles. The molecule has 0 aromatic rings. The average molecular weight is 439 g/mol. The molecule has 6 heteroatoms. The summed E-state index contributed by atoms with van der Waals surface area (Å²) in [6.45, 7) is 13.4. The Kier molecular flexibility index (Phi) is 12.6. The van der Waals surface area contributed by atoms with E-state index in [0.29, 0.717) is 52.1 Å². The van der Waals surface area contributed by atoms with Gasteiger partial charge in [0.15, 0.2) is 19.9 Å². The topological polar surface area (TPSA) is 61.8 Å². The van der Waals surface area contributed by atoms with E-state index < -0.39 is 8.32 Å². The number of rotatable bonds is 2. The molecule has 0 bridgehead atoms. The monoisotopic (exact) mass is 438 g/mol. The second kappa shape index (κ2) is 14.1. The van der Waals surface area contributed by atoms with E-state index in [1.807, 2.05) is 12.2 Å². The zero-order valence-corrected chi connectivity index (χ0v) is 20.7. The van der Waals surface area contributed by atoms with E-state index >= 15 is 0 Å². The number of hydrogen-bond donors (Lipinski definition) is 0. The van der Waals surface area contributed by atoms with Gasteiger partial charge in [0, 0.05) is 32.2 Å². The summed E-state index contributed by atoms with van der Waals surface area (Å²) in [6, 6.07) is 0. The van der Waals surface area contributed by atoms with Crippen LogP contribution < -0.4 is 0 Å². The summed E-state index contributed by atoms with van der Waals surface area (Å²) in [5, 5.41) is 0.129. The van der Waals surface area contributed by atoms with E-state index in [-0.39, 0.29) is 22.7 Å². The van der Waals surface area contributed by atoms with Gasteiger partial charge < -0.3 is 13.9 Å². The van der Waals surface area contributed by atoms with Crippen molar-refractivity contribution in [1.29, 1.82) is 0 Å². The zero-order chi connectivity index (χ0) is 22.5. The summed E-state index contributed by atoms with van der Waals surface area (Å²) in [6.07, 6.45) is 12.1. The van der Waals surface area contributed by atoms with E-state index in [2.05, 4.69) is 33.9 Å². The van der Waals surface area contributed by atoms with Crippen LogP contribution in [0.25, 0.3) is 0 Å². The van der Waals surface area contributed by atoms with E-state index in [1.165, 1.54) is 0 Å². The summed E-state index contributed by atoms with van der Waals surface area (Å²) in [4.78, 5) is 24.1. The first-order chi connectivity index (χ1) is 14.1. The van der Waals surface area contributed by atoms with Gasteiger partial charge in [0.1, 0.15) is 0 Å².